The summed E-state index contributed by atoms with van der Waals surface area (Å²) < 4.78 is 5.23. The van der Waals surface area contributed by atoms with Crippen molar-refractivity contribution in [1.29, 1.82) is 0 Å². The Morgan fingerprint density at radius 3 is 2.35 bits per heavy atom. The second-order valence-corrected chi connectivity index (χ2v) is 4.38. The zero-order valence-corrected chi connectivity index (χ0v) is 9.59. The van der Waals surface area contributed by atoms with Crippen LogP contribution >= 0.6 is 0 Å². The molecule has 94 valence electrons. The molecule has 2 heterocycles. The van der Waals surface area contributed by atoms with Crippen LogP contribution in [0.4, 0.5) is 0 Å². The molecule has 2 fully saturated rings. The Morgan fingerprint density at radius 1 is 1.41 bits per heavy atom. The van der Waals surface area contributed by atoms with Gasteiger partial charge >= 0.3 is 5.97 Å². The Bertz CT molecular complexity index is 345. The molecule has 2 saturated heterocycles. The van der Waals surface area contributed by atoms with E-state index < -0.39 is 36.0 Å². The van der Waals surface area contributed by atoms with E-state index in [4.69, 9.17) is 9.84 Å². The maximum Gasteiger partial charge on any atom is 0.326 e. The summed E-state index contributed by atoms with van der Waals surface area (Å²) in [4.78, 5) is 35.9. The van der Waals surface area contributed by atoms with Crippen LogP contribution in [0, 0.1) is 0 Å². The van der Waals surface area contributed by atoms with E-state index in [2.05, 4.69) is 0 Å². The van der Waals surface area contributed by atoms with E-state index in [0.29, 0.717) is 19.3 Å². The first-order valence-electron chi connectivity index (χ1n) is 5.81. The number of ether oxygens (including phenoxy) is 1. The maximum absolute atomic E-state index is 11.9. The number of hydrogen-bond donors (Lipinski definition) is 1. The SMILES string of the molecule is CCCC(C(=O)O)N1C(=O)C2CCC(O2)C1=O. The number of fused-ring (bicyclic) bond motifs is 2. The predicted molar refractivity (Wildman–Crippen MR) is 56.1 cm³/mol. The normalized spacial score (nSPS) is 29.6. The van der Waals surface area contributed by atoms with Crippen molar-refractivity contribution in [2.45, 2.75) is 50.9 Å². The zero-order valence-electron chi connectivity index (χ0n) is 9.59. The molecule has 0 saturated carbocycles. The molecule has 0 radical (unpaired) electrons. The van der Waals surface area contributed by atoms with Gasteiger partial charge in [0.25, 0.3) is 11.8 Å². The molecule has 0 spiro atoms. The summed E-state index contributed by atoms with van der Waals surface area (Å²) in [6, 6.07) is -1.05. The van der Waals surface area contributed by atoms with Crippen LogP contribution in [0.2, 0.25) is 0 Å². The number of amides is 2. The van der Waals surface area contributed by atoms with Crippen molar-refractivity contribution in [1.82, 2.24) is 4.90 Å². The smallest absolute Gasteiger partial charge is 0.326 e. The van der Waals surface area contributed by atoms with Gasteiger partial charge in [-0.15, -0.1) is 0 Å². The van der Waals surface area contributed by atoms with Crippen molar-refractivity contribution in [3.8, 4) is 0 Å². The molecule has 0 aliphatic carbocycles. The van der Waals surface area contributed by atoms with E-state index in [-0.39, 0.29) is 6.42 Å². The zero-order chi connectivity index (χ0) is 12.6. The van der Waals surface area contributed by atoms with Gasteiger partial charge in [-0.3, -0.25) is 14.5 Å². The highest BCUT2D eigenvalue weighted by Crippen LogP contribution is 2.30. The lowest BCUT2D eigenvalue weighted by Crippen LogP contribution is -2.58. The molecule has 3 atom stereocenters. The lowest BCUT2D eigenvalue weighted by atomic mass is 10.1. The summed E-state index contributed by atoms with van der Waals surface area (Å²) in [6.45, 7) is 1.82. The number of aliphatic carboxylic acids is 1. The Morgan fingerprint density at radius 2 is 1.94 bits per heavy atom. The molecule has 6 heteroatoms. The fourth-order valence-corrected chi connectivity index (χ4v) is 2.36. The van der Waals surface area contributed by atoms with Crippen molar-refractivity contribution in [2.24, 2.45) is 0 Å². The van der Waals surface area contributed by atoms with Crippen LogP contribution < -0.4 is 0 Å². The van der Waals surface area contributed by atoms with Crippen molar-refractivity contribution < 1.29 is 24.2 Å². The molecule has 2 amide bonds. The third-order valence-corrected chi connectivity index (χ3v) is 3.20. The first kappa shape index (κ1) is 12.0. The van der Waals surface area contributed by atoms with Crippen LogP contribution in [0.25, 0.3) is 0 Å². The topological polar surface area (TPSA) is 83.9 Å². The predicted octanol–water partition coefficient (Wildman–Crippen LogP) is 0.156. The fourth-order valence-electron chi connectivity index (χ4n) is 2.36. The molecule has 6 nitrogen and oxygen atoms in total. The van der Waals surface area contributed by atoms with E-state index >= 15 is 0 Å². The van der Waals surface area contributed by atoms with Gasteiger partial charge in [0.05, 0.1) is 0 Å². The van der Waals surface area contributed by atoms with Gasteiger partial charge in [-0.05, 0) is 19.3 Å². The molecule has 3 unspecified atom stereocenters. The van der Waals surface area contributed by atoms with Gasteiger partial charge < -0.3 is 9.84 Å². The van der Waals surface area contributed by atoms with E-state index in [1.165, 1.54) is 0 Å². The number of likely N-dealkylation sites (tertiary alicyclic amines) is 1. The highest BCUT2D eigenvalue weighted by Gasteiger charge is 2.50. The fraction of sp³-hybridized carbons (Fsp3) is 0.727. The van der Waals surface area contributed by atoms with Gasteiger partial charge in [0.15, 0.2) is 0 Å². The highest BCUT2D eigenvalue weighted by atomic mass is 16.5. The molecule has 2 aliphatic rings. The third kappa shape index (κ3) is 1.93. The second kappa shape index (κ2) is 4.44. The van der Waals surface area contributed by atoms with Crippen LogP contribution in [-0.2, 0) is 19.1 Å². The van der Waals surface area contributed by atoms with Crippen LogP contribution in [0.5, 0.6) is 0 Å². The highest BCUT2D eigenvalue weighted by molar-refractivity contribution is 6.05. The van der Waals surface area contributed by atoms with E-state index in [0.717, 1.165) is 4.90 Å². The molecular formula is C11H15NO5. The minimum Gasteiger partial charge on any atom is -0.480 e. The summed E-state index contributed by atoms with van der Waals surface area (Å²) in [5.41, 5.74) is 0. The largest absolute Gasteiger partial charge is 0.480 e. The molecule has 2 rings (SSSR count). The second-order valence-electron chi connectivity index (χ2n) is 4.38. The van der Waals surface area contributed by atoms with E-state index in [9.17, 15) is 14.4 Å². The van der Waals surface area contributed by atoms with Gasteiger partial charge in [-0.1, -0.05) is 13.3 Å². The maximum atomic E-state index is 11.9. The number of carboxylic acids is 1. The van der Waals surface area contributed by atoms with Crippen LogP contribution in [-0.4, -0.2) is 46.0 Å². The Kier molecular flexibility index (Phi) is 3.15. The number of carbonyl (C=O) groups is 3. The van der Waals surface area contributed by atoms with Crippen LogP contribution in [0.3, 0.4) is 0 Å². The standard InChI is InChI=1S/C11H15NO5/c1-2-3-6(11(15)16)12-9(13)7-4-5-8(17-7)10(12)14/h6-8H,2-5H2,1H3,(H,15,16). The molecule has 0 aromatic heterocycles. The van der Waals surface area contributed by atoms with Gasteiger partial charge in [0.2, 0.25) is 0 Å². The average Bonchev–Trinajstić information content (AvgIpc) is 2.72. The summed E-state index contributed by atoms with van der Waals surface area (Å²) in [5, 5.41) is 9.10. The molecule has 17 heavy (non-hydrogen) atoms. The van der Waals surface area contributed by atoms with Crippen LogP contribution in [0.1, 0.15) is 32.6 Å². The monoisotopic (exact) mass is 241 g/mol. The van der Waals surface area contributed by atoms with E-state index in [1.807, 2.05) is 6.92 Å². The van der Waals surface area contributed by atoms with E-state index in [1.54, 1.807) is 0 Å². The molecule has 2 bridgehead atoms. The Labute approximate surface area is 98.5 Å². The number of nitrogens with zero attached hydrogens (tertiary/aromatic N) is 1. The Hall–Kier alpha value is -1.43. The van der Waals surface area contributed by atoms with Crippen molar-refractivity contribution in [2.75, 3.05) is 0 Å². The van der Waals surface area contributed by atoms with Crippen molar-refractivity contribution in [3.63, 3.8) is 0 Å². The van der Waals surface area contributed by atoms with Gasteiger partial charge in [-0.2, -0.15) is 0 Å². The van der Waals surface area contributed by atoms with Gasteiger partial charge in [-0.25, -0.2) is 4.79 Å². The summed E-state index contributed by atoms with van der Waals surface area (Å²) in [6.07, 6.45) is 0.637. The lowest BCUT2D eigenvalue weighted by molar-refractivity contribution is -0.176. The number of hydrogen-bond acceptors (Lipinski definition) is 4. The number of imide groups is 1. The van der Waals surface area contributed by atoms with Crippen molar-refractivity contribution >= 4 is 17.8 Å². The molecule has 0 aromatic carbocycles. The molecule has 1 N–H and O–H groups in total. The summed E-state index contributed by atoms with van der Waals surface area (Å²) >= 11 is 0. The minimum atomic E-state index is -1.13. The van der Waals surface area contributed by atoms with Crippen LogP contribution in [0.15, 0.2) is 0 Å². The van der Waals surface area contributed by atoms with Crippen molar-refractivity contribution in [3.05, 3.63) is 0 Å². The van der Waals surface area contributed by atoms with Gasteiger partial charge in [0.1, 0.15) is 18.2 Å². The Balaban J connectivity index is 2.25. The summed E-state index contributed by atoms with van der Waals surface area (Å²) in [5.74, 6) is -2.12. The first-order chi connectivity index (χ1) is 8.06. The number of morpholine rings is 1. The lowest BCUT2D eigenvalue weighted by Gasteiger charge is -2.33. The quantitative estimate of drug-likeness (QED) is 0.708. The first-order valence-corrected chi connectivity index (χ1v) is 5.81. The summed E-state index contributed by atoms with van der Waals surface area (Å²) in [7, 11) is 0. The molecule has 2 aliphatic heterocycles. The van der Waals surface area contributed by atoms with Gasteiger partial charge in [0, 0.05) is 0 Å². The number of carbonyl (C=O) groups excluding carboxylic acids is 2. The molecular weight excluding hydrogens is 226 g/mol. The average molecular weight is 241 g/mol. The molecule has 0 aromatic rings. The number of rotatable bonds is 4. The minimum absolute atomic E-state index is 0.284. The number of carboxylic acid groups (broad SMARTS) is 1. The third-order valence-electron chi connectivity index (χ3n) is 3.20.